The maximum Gasteiger partial charge on any atom is 0.183 e. The topological polar surface area (TPSA) is 21.6 Å². The molecule has 2 rings (SSSR count). The van der Waals surface area contributed by atoms with E-state index in [9.17, 15) is 0 Å². The van der Waals surface area contributed by atoms with Crippen molar-refractivity contribution >= 4 is 5.90 Å². The first-order chi connectivity index (χ1) is 7.88. The second-order valence-corrected chi connectivity index (χ2v) is 4.32. The van der Waals surface area contributed by atoms with Gasteiger partial charge in [-0.3, -0.25) is 4.99 Å². The SMILES string of the molecule is COC1=NC(Cc2ccccc2)CCCC1. The standard InChI is InChI=1S/C14H19NO/c1-16-14-10-6-5-9-13(15-14)11-12-7-3-2-4-8-12/h2-4,7-8,13H,5-6,9-11H2,1H3. The van der Waals surface area contributed by atoms with Crippen LogP contribution in [0.4, 0.5) is 0 Å². The van der Waals surface area contributed by atoms with Crippen LogP contribution in [0.15, 0.2) is 35.3 Å². The largest absolute Gasteiger partial charge is 0.484 e. The monoisotopic (exact) mass is 217 g/mol. The van der Waals surface area contributed by atoms with E-state index in [1.165, 1.54) is 24.8 Å². The number of nitrogens with zero attached hydrogens (tertiary/aromatic N) is 1. The molecule has 0 saturated carbocycles. The van der Waals surface area contributed by atoms with Gasteiger partial charge in [0.15, 0.2) is 5.90 Å². The molecule has 0 fully saturated rings. The Kier molecular flexibility index (Phi) is 3.97. The summed E-state index contributed by atoms with van der Waals surface area (Å²) in [5, 5.41) is 0. The zero-order valence-corrected chi connectivity index (χ0v) is 9.86. The fourth-order valence-electron chi connectivity index (χ4n) is 2.18. The van der Waals surface area contributed by atoms with Crippen LogP contribution < -0.4 is 0 Å². The number of hydrogen-bond acceptors (Lipinski definition) is 2. The normalized spacial score (nSPS) is 21.1. The Morgan fingerprint density at radius 2 is 2.06 bits per heavy atom. The molecule has 1 unspecified atom stereocenters. The van der Waals surface area contributed by atoms with Gasteiger partial charge in [0.2, 0.25) is 0 Å². The van der Waals surface area contributed by atoms with Crippen molar-refractivity contribution in [1.29, 1.82) is 0 Å². The van der Waals surface area contributed by atoms with Crippen molar-refractivity contribution in [2.45, 2.75) is 38.1 Å². The van der Waals surface area contributed by atoms with Crippen molar-refractivity contribution in [2.24, 2.45) is 4.99 Å². The van der Waals surface area contributed by atoms with Gasteiger partial charge in [-0.1, -0.05) is 36.8 Å². The molecule has 1 aromatic carbocycles. The second-order valence-electron chi connectivity index (χ2n) is 4.32. The van der Waals surface area contributed by atoms with E-state index in [1.807, 2.05) is 0 Å². The molecule has 0 aliphatic carbocycles. The van der Waals surface area contributed by atoms with E-state index in [4.69, 9.17) is 4.74 Å². The average Bonchev–Trinajstić information content (AvgIpc) is 2.55. The molecule has 1 atom stereocenters. The van der Waals surface area contributed by atoms with Crippen molar-refractivity contribution in [3.8, 4) is 0 Å². The van der Waals surface area contributed by atoms with Gasteiger partial charge in [-0.15, -0.1) is 0 Å². The minimum atomic E-state index is 0.403. The van der Waals surface area contributed by atoms with Crippen LogP contribution >= 0.6 is 0 Å². The molecule has 0 amide bonds. The summed E-state index contributed by atoms with van der Waals surface area (Å²) in [6.07, 6.45) is 5.68. The Balaban J connectivity index is 2.03. The lowest BCUT2D eigenvalue weighted by Crippen LogP contribution is -2.10. The van der Waals surface area contributed by atoms with E-state index in [1.54, 1.807) is 7.11 Å². The Hall–Kier alpha value is -1.31. The molecule has 0 aromatic heterocycles. The molecule has 1 aliphatic rings. The lowest BCUT2D eigenvalue weighted by atomic mass is 10.0. The summed E-state index contributed by atoms with van der Waals surface area (Å²) in [4.78, 5) is 4.68. The number of benzene rings is 1. The first-order valence-electron chi connectivity index (χ1n) is 6.03. The molecule has 1 aliphatic heterocycles. The lowest BCUT2D eigenvalue weighted by Gasteiger charge is -2.11. The van der Waals surface area contributed by atoms with Crippen LogP contribution in [0.3, 0.4) is 0 Å². The summed E-state index contributed by atoms with van der Waals surface area (Å²) >= 11 is 0. The molecule has 0 saturated heterocycles. The van der Waals surface area contributed by atoms with Gasteiger partial charge in [-0.25, -0.2) is 0 Å². The van der Waals surface area contributed by atoms with Gasteiger partial charge in [-0.2, -0.15) is 0 Å². The van der Waals surface area contributed by atoms with Crippen LogP contribution in [-0.4, -0.2) is 19.0 Å². The van der Waals surface area contributed by atoms with Gasteiger partial charge in [0.05, 0.1) is 13.2 Å². The van der Waals surface area contributed by atoms with Crippen molar-refractivity contribution in [1.82, 2.24) is 0 Å². The van der Waals surface area contributed by atoms with E-state index in [2.05, 4.69) is 35.3 Å². The highest BCUT2D eigenvalue weighted by Crippen LogP contribution is 2.17. The third kappa shape index (κ3) is 3.09. The van der Waals surface area contributed by atoms with Gasteiger partial charge in [-0.05, 0) is 24.8 Å². The second kappa shape index (κ2) is 5.69. The molecule has 0 bridgehead atoms. The van der Waals surface area contributed by atoms with E-state index in [0.29, 0.717) is 6.04 Å². The van der Waals surface area contributed by atoms with Gasteiger partial charge < -0.3 is 4.74 Å². The summed E-state index contributed by atoms with van der Waals surface area (Å²) in [5.74, 6) is 0.929. The zero-order valence-electron chi connectivity index (χ0n) is 9.86. The Labute approximate surface area is 97.4 Å². The number of hydrogen-bond donors (Lipinski definition) is 0. The van der Waals surface area contributed by atoms with E-state index in [-0.39, 0.29) is 0 Å². The van der Waals surface area contributed by atoms with Crippen molar-refractivity contribution in [3.63, 3.8) is 0 Å². The highest BCUT2D eigenvalue weighted by atomic mass is 16.5. The molecular weight excluding hydrogens is 198 g/mol. The quantitative estimate of drug-likeness (QED) is 0.745. The average molecular weight is 217 g/mol. The summed E-state index contributed by atoms with van der Waals surface area (Å²) in [6, 6.07) is 11.0. The highest BCUT2D eigenvalue weighted by molar-refractivity contribution is 5.76. The van der Waals surface area contributed by atoms with Crippen molar-refractivity contribution in [2.75, 3.05) is 7.11 Å². The molecule has 1 aromatic rings. The molecule has 0 radical (unpaired) electrons. The predicted octanol–water partition coefficient (Wildman–Crippen LogP) is 3.22. The van der Waals surface area contributed by atoms with Crippen LogP contribution in [0, 0.1) is 0 Å². The van der Waals surface area contributed by atoms with Crippen LogP contribution in [0.2, 0.25) is 0 Å². The van der Waals surface area contributed by atoms with Crippen molar-refractivity contribution in [3.05, 3.63) is 35.9 Å². The smallest absolute Gasteiger partial charge is 0.183 e. The molecule has 0 spiro atoms. The molecule has 0 N–H and O–H groups in total. The fourth-order valence-corrected chi connectivity index (χ4v) is 2.18. The minimum absolute atomic E-state index is 0.403. The first kappa shape index (κ1) is 11.2. The Bertz CT molecular complexity index is 345. The number of methoxy groups -OCH3 is 1. The first-order valence-corrected chi connectivity index (χ1v) is 6.03. The molecule has 1 heterocycles. The summed E-state index contributed by atoms with van der Waals surface area (Å²) in [6.45, 7) is 0. The maximum atomic E-state index is 5.29. The number of aliphatic imine (C=N–C) groups is 1. The molecule has 2 nitrogen and oxygen atoms in total. The molecule has 2 heteroatoms. The molecular formula is C14H19NO. The predicted molar refractivity (Wildman–Crippen MR) is 66.8 cm³/mol. The summed E-state index contributed by atoms with van der Waals surface area (Å²) in [5.41, 5.74) is 1.37. The van der Waals surface area contributed by atoms with Crippen LogP contribution in [0.25, 0.3) is 0 Å². The van der Waals surface area contributed by atoms with E-state index < -0.39 is 0 Å². The lowest BCUT2D eigenvalue weighted by molar-refractivity contribution is 0.386. The number of ether oxygens (including phenoxy) is 1. The van der Waals surface area contributed by atoms with Crippen LogP contribution in [-0.2, 0) is 11.2 Å². The van der Waals surface area contributed by atoms with Gasteiger partial charge in [0.1, 0.15) is 0 Å². The highest BCUT2D eigenvalue weighted by Gasteiger charge is 2.14. The summed E-state index contributed by atoms with van der Waals surface area (Å²) in [7, 11) is 1.73. The Morgan fingerprint density at radius 1 is 1.25 bits per heavy atom. The zero-order chi connectivity index (χ0) is 11.2. The maximum absolute atomic E-state index is 5.29. The van der Waals surface area contributed by atoms with Gasteiger partial charge in [0.25, 0.3) is 0 Å². The van der Waals surface area contributed by atoms with Crippen LogP contribution in [0.1, 0.15) is 31.2 Å². The fraction of sp³-hybridized carbons (Fsp3) is 0.500. The molecule has 16 heavy (non-hydrogen) atoms. The third-order valence-electron chi connectivity index (χ3n) is 3.05. The van der Waals surface area contributed by atoms with Gasteiger partial charge >= 0.3 is 0 Å². The number of rotatable bonds is 2. The Morgan fingerprint density at radius 3 is 2.81 bits per heavy atom. The third-order valence-corrected chi connectivity index (χ3v) is 3.05. The molecule has 86 valence electrons. The van der Waals surface area contributed by atoms with E-state index >= 15 is 0 Å². The summed E-state index contributed by atoms with van der Waals surface area (Å²) < 4.78 is 5.29. The van der Waals surface area contributed by atoms with Crippen LogP contribution in [0.5, 0.6) is 0 Å². The van der Waals surface area contributed by atoms with Crippen molar-refractivity contribution < 1.29 is 4.74 Å². The van der Waals surface area contributed by atoms with E-state index in [0.717, 1.165) is 18.7 Å². The minimum Gasteiger partial charge on any atom is -0.484 e. The van der Waals surface area contributed by atoms with Gasteiger partial charge in [0, 0.05) is 6.42 Å².